The Morgan fingerprint density at radius 1 is 1.20 bits per heavy atom. The first-order chi connectivity index (χ1) is 12.0. The highest BCUT2D eigenvalue weighted by Gasteiger charge is 2.13. The summed E-state index contributed by atoms with van der Waals surface area (Å²) in [7, 11) is 0. The van der Waals surface area contributed by atoms with Crippen LogP contribution < -0.4 is 5.32 Å². The molecule has 0 saturated heterocycles. The molecule has 1 amide bonds. The third-order valence-electron chi connectivity index (χ3n) is 4.07. The number of thiazole rings is 1. The maximum absolute atomic E-state index is 12.1. The van der Waals surface area contributed by atoms with Crippen LogP contribution in [0.4, 0.5) is 0 Å². The minimum atomic E-state index is -0.0246. The first-order valence-electron chi connectivity index (χ1n) is 8.23. The summed E-state index contributed by atoms with van der Waals surface area (Å²) in [6.07, 6.45) is 1.02. The van der Waals surface area contributed by atoms with Gasteiger partial charge in [0.1, 0.15) is 10.8 Å². The van der Waals surface area contributed by atoms with Crippen LogP contribution >= 0.6 is 11.3 Å². The molecule has 1 aromatic carbocycles. The molecule has 5 nitrogen and oxygen atoms in total. The number of nitrogens with one attached hydrogen (secondary N) is 1. The van der Waals surface area contributed by atoms with E-state index < -0.39 is 0 Å². The van der Waals surface area contributed by atoms with Crippen molar-refractivity contribution < 1.29 is 9.32 Å². The summed E-state index contributed by atoms with van der Waals surface area (Å²) in [5.41, 5.74) is 5.01. The SMILES string of the molecule is Cc1ccc(-c2nc(CCNC(=O)Cc3c(C)noc3C)cs2)cc1. The van der Waals surface area contributed by atoms with Gasteiger partial charge >= 0.3 is 0 Å². The molecule has 0 unspecified atom stereocenters. The van der Waals surface area contributed by atoms with Crippen LogP contribution in [-0.2, 0) is 17.6 Å². The highest BCUT2D eigenvalue weighted by atomic mass is 32.1. The van der Waals surface area contributed by atoms with Crippen LogP contribution in [0.2, 0.25) is 0 Å². The third kappa shape index (κ3) is 4.33. The molecular weight excluding hydrogens is 334 g/mol. The van der Waals surface area contributed by atoms with Crippen LogP contribution in [0.25, 0.3) is 10.6 Å². The second-order valence-electron chi connectivity index (χ2n) is 6.09. The fraction of sp³-hybridized carbons (Fsp3) is 0.316. The van der Waals surface area contributed by atoms with Crippen LogP contribution in [0.5, 0.6) is 0 Å². The van der Waals surface area contributed by atoms with Crippen LogP contribution in [0, 0.1) is 20.8 Å². The zero-order chi connectivity index (χ0) is 17.8. The number of amides is 1. The van der Waals surface area contributed by atoms with Crippen molar-refractivity contribution in [1.82, 2.24) is 15.5 Å². The second kappa shape index (κ2) is 7.61. The van der Waals surface area contributed by atoms with E-state index in [2.05, 4.69) is 52.0 Å². The summed E-state index contributed by atoms with van der Waals surface area (Å²) < 4.78 is 5.08. The van der Waals surface area contributed by atoms with Gasteiger partial charge in [-0.15, -0.1) is 11.3 Å². The van der Waals surface area contributed by atoms with E-state index in [1.54, 1.807) is 11.3 Å². The molecule has 2 heterocycles. The van der Waals surface area contributed by atoms with Gasteiger partial charge in [-0.2, -0.15) is 0 Å². The van der Waals surface area contributed by atoms with E-state index in [1.807, 2.05) is 13.8 Å². The van der Waals surface area contributed by atoms with Crippen LogP contribution in [0.1, 0.15) is 28.3 Å². The summed E-state index contributed by atoms with van der Waals surface area (Å²) in [5.74, 6) is 0.679. The van der Waals surface area contributed by atoms with Crippen LogP contribution in [0.15, 0.2) is 34.2 Å². The summed E-state index contributed by atoms with van der Waals surface area (Å²) in [4.78, 5) is 16.7. The van der Waals surface area contributed by atoms with Gasteiger partial charge in [0, 0.05) is 29.5 Å². The summed E-state index contributed by atoms with van der Waals surface area (Å²) >= 11 is 1.63. The smallest absolute Gasteiger partial charge is 0.224 e. The van der Waals surface area contributed by atoms with Gasteiger partial charge in [-0.25, -0.2) is 4.98 Å². The van der Waals surface area contributed by atoms with E-state index >= 15 is 0 Å². The molecule has 1 N–H and O–H groups in total. The summed E-state index contributed by atoms with van der Waals surface area (Å²) in [5, 5.41) is 9.87. The first kappa shape index (κ1) is 17.4. The number of nitrogens with zero attached hydrogens (tertiary/aromatic N) is 2. The Hall–Kier alpha value is -2.47. The fourth-order valence-electron chi connectivity index (χ4n) is 2.56. The normalized spacial score (nSPS) is 10.8. The van der Waals surface area contributed by atoms with Crippen molar-refractivity contribution in [2.75, 3.05) is 6.54 Å². The van der Waals surface area contributed by atoms with Gasteiger partial charge in [-0.1, -0.05) is 35.0 Å². The molecule has 6 heteroatoms. The maximum Gasteiger partial charge on any atom is 0.224 e. The first-order valence-corrected chi connectivity index (χ1v) is 9.11. The molecule has 25 heavy (non-hydrogen) atoms. The monoisotopic (exact) mass is 355 g/mol. The van der Waals surface area contributed by atoms with E-state index in [9.17, 15) is 4.79 Å². The molecule has 3 aromatic rings. The molecule has 0 aliphatic carbocycles. The molecule has 0 spiro atoms. The van der Waals surface area contributed by atoms with Gasteiger partial charge in [0.25, 0.3) is 0 Å². The van der Waals surface area contributed by atoms with Crippen LogP contribution in [-0.4, -0.2) is 22.6 Å². The average Bonchev–Trinajstić information content (AvgIpc) is 3.18. The minimum Gasteiger partial charge on any atom is -0.361 e. The number of rotatable bonds is 6. The van der Waals surface area contributed by atoms with Gasteiger partial charge in [-0.3, -0.25) is 4.79 Å². The number of aromatic nitrogens is 2. The Labute approximate surface area is 151 Å². The quantitative estimate of drug-likeness (QED) is 0.733. The van der Waals surface area contributed by atoms with Gasteiger partial charge in [-0.05, 0) is 20.8 Å². The number of benzene rings is 1. The molecule has 130 valence electrons. The van der Waals surface area contributed by atoms with E-state index in [0.29, 0.717) is 18.7 Å². The summed E-state index contributed by atoms with van der Waals surface area (Å²) in [6.45, 7) is 6.31. The Morgan fingerprint density at radius 2 is 1.96 bits per heavy atom. The van der Waals surface area contributed by atoms with Gasteiger partial charge < -0.3 is 9.84 Å². The Balaban J connectivity index is 1.51. The lowest BCUT2D eigenvalue weighted by Gasteiger charge is -2.04. The zero-order valence-electron chi connectivity index (χ0n) is 14.6. The van der Waals surface area contributed by atoms with Crippen molar-refractivity contribution in [3.63, 3.8) is 0 Å². The highest BCUT2D eigenvalue weighted by Crippen LogP contribution is 2.24. The Bertz CT molecular complexity index is 846. The predicted molar refractivity (Wildman–Crippen MR) is 98.7 cm³/mol. The molecule has 0 aliphatic rings. The summed E-state index contributed by atoms with van der Waals surface area (Å²) in [6, 6.07) is 8.35. The van der Waals surface area contributed by atoms with Crippen molar-refractivity contribution >= 4 is 17.2 Å². The molecular formula is C19H21N3O2S. The molecule has 0 bridgehead atoms. The average molecular weight is 355 g/mol. The molecule has 0 atom stereocenters. The Morgan fingerprint density at radius 3 is 2.64 bits per heavy atom. The molecule has 0 aliphatic heterocycles. The van der Waals surface area contributed by atoms with E-state index in [0.717, 1.165) is 33.9 Å². The highest BCUT2D eigenvalue weighted by molar-refractivity contribution is 7.13. The van der Waals surface area contributed by atoms with E-state index in [1.165, 1.54) is 5.56 Å². The topological polar surface area (TPSA) is 68.0 Å². The van der Waals surface area contributed by atoms with E-state index in [4.69, 9.17) is 4.52 Å². The predicted octanol–water partition coefficient (Wildman–Crippen LogP) is 3.62. The number of carbonyl (C=O) groups excluding carboxylic acids is 1. The lowest BCUT2D eigenvalue weighted by atomic mass is 10.1. The van der Waals surface area contributed by atoms with Crippen LogP contribution in [0.3, 0.4) is 0 Å². The van der Waals surface area contributed by atoms with Crippen molar-refractivity contribution in [1.29, 1.82) is 0 Å². The van der Waals surface area contributed by atoms with Crippen molar-refractivity contribution in [3.8, 4) is 10.6 Å². The lowest BCUT2D eigenvalue weighted by molar-refractivity contribution is -0.120. The zero-order valence-corrected chi connectivity index (χ0v) is 15.4. The number of hydrogen-bond donors (Lipinski definition) is 1. The maximum atomic E-state index is 12.1. The van der Waals surface area contributed by atoms with Gasteiger partial charge in [0.2, 0.25) is 5.91 Å². The minimum absolute atomic E-state index is 0.0246. The van der Waals surface area contributed by atoms with Crippen molar-refractivity contribution in [2.45, 2.75) is 33.6 Å². The standard InChI is InChI=1S/C19H21N3O2S/c1-12-4-6-15(7-5-12)19-21-16(11-25-19)8-9-20-18(23)10-17-13(2)22-24-14(17)3/h4-7,11H,8-10H2,1-3H3,(H,20,23). The largest absolute Gasteiger partial charge is 0.361 e. The molecule has 3 rings (SSSR count). The number of carbonyl (C=O) groups is 1. The van der Waals surface area contributed by atoms with Crippen molar-refractivity contribution in [3.05, 3.63) is 57.9 Å². The van der Waals surface area contributed by atoms with Gasteiger partial charge in [0.05, 0.1) is 17.8 Å². The van der Waals surface area contributed by atoms with E-state index in [-0.39, 0.29) is 5.91 Å². The Kier molecular flexibility index (Phi) is 5.28. The molecule has 0 fully saturated rings. The second-order valence-corrected chi connectivity index (χ2v) is 6.95. The van der Waals surface area contributed by atoms with Crippen molar-refractivity contribution in [2.24, 2.45) is 0 Å². The van der Waals surface area contributed by atoms with Gasteiger partial charge in [0.15, 0.2) is 0 Å². The molecule has 0 radical (unpaired) electrons. The number of aryl methyl sites for hydroxylation is 3. The molecule has 2 aromatic heterocycles. The lowest BCUT2D eigenvalue weighted by Crippen LogP contribution is -2.27. The molecule has 0 saturated carbocycles. The third-order valence-corrected chi connectivity index (χ3v) is 5.01. The number of hydrogen-bond acceptors (Lipinski definition) is 5. The fourth-order valence-corrected chi connectivity index (χ4v) is 3.42.